The molecule has 2 heterocycles. The Labute approximate surface area is 121 Å². The number of halogens is 1. The van der Waals surface area contributed by atoms with E-state index in [0.29, 0.717) is 18.2 Å². The fourth-order valence-corrected chi connectivity index (χ4v) is 2.28. The van der Waals surface area contributed by atoms with E-state index in [1.807, 2.05) is 0 Å². The van der Waals surface area contributed by atoms with Gasteiger partial charge < -0.3 is 4.74 Å². The molecule has 0 atom stereocenters. The minimum Gasteiger partial charge on any atom is -0.492 e. The van der Waals surface area contributed by atoms with Gasteiger partial charge in [-0.15, -0.1) is 10.2 Å². The Bertz CT molecular complexity index is 596. The lowest BCUT2D eigenvalue weighted by Gasteiger charge is -2.25. The molecule has 1 aromatic carbocycles. The van der Waals surface area contributed by atoms with Crippen molar-refractivity contribution in [2.75, 3.05) is 26.2 Å². The molecule has 6 nitrogen and oxygen atoms in total. The largest absolute Gasteiger partial charge is 0.492 e. The number of aromatic amines is 1. The quantitative estimate of drug-likeness (QED) is 0.903. The molecule has 7 heteroatoms. The van der Waals surface area contributed by atoms with Crippen LogP contribution in [-0.4, -0.2) is 51.8 Å². The van der Waals surface area contributed by atoms with E-state index >= 15 is 0 Å². The highest BCUT2D eigenvalue weighted by Gasteiger charge is 2.16. The number of tetrazole rings is 1. The maximum absolute atomic E-state index is 12.8. The van der Waals surface area contributed by atoms with Crippen molar-refractivity contribution >= 4 is 5.57 Å². The second-order valence-electron chi connectivity index (χ2n) is 4.83. The summed E-state index contributed by atoms with van der Waals surface area (Å²) in [6.07, 6.45) is 3.10. The van der Waals surface area contributed by atoms with E-state index in [-0.39, 0.29) is 5.82 Å². The molecule has 110 valence electrons. The molecule has 2 aromatic rings. The maximum atomic E-state index is 12.8. The molecule has 0 radical (unpaired) electrons. The standard InChI is InChI=1S/C14H16FN5O/c15-12-3-5-13(6-4-12)21-9-8-20-7-1-2-11(10-20)14-16-18-19-17-14/h2-6H,1,7-10H2,(H,16,17,18,19). The molecule has 0 amide bonds. The fourth-order valence-electron chi connectivity index (χ4n) is 2.28. The highest BCUT2D eigenvalue weighted by molar-refractivity contribution is 5.61. The normalized spacial score (nSPS) is 15.8. The van der Waals surface area contributed by atoms with Crippen molar-refractivity contribution in [3.63, 3.8) is 0 Å². The summed E-state index contributed by atoms with van der Waals surface area (Å²) in [7, 11) is 0. The van der Waals surface area contributed by atoms with Crippen LogP contribution in [0.1, 0.15) is 12.2 Å². The Morgan fingerprint density at radius 3 is 2.90 bits per heavy atom. The van der Waals surface area contributed by atoms with Crippen molar-refractivity contribution in [3.05, 3.63) is 42.0 Å². The Balaban J connectivity index is 1.48. The second-order valence-corrected chi connectivity index (χ2v) is 4.83. The SMILES string of the molecule is Fc1ccc(OCCN2CCC=C(c3nn[nH]n3)C2)cc1. The number of nitrogens with zero attached hydrogens (tertiary/aromatic N) is 4. The first-order valence-corrected chi connectivity index (χ1v) is 6.85. The van der Waals surface area contributed by atoms with Crippen LogP contribution in [0.5, 0.6) is 5.75 Å². The van der Waals surface area contributed by atoms with Crippen molar-refractivity contribution < 1.29 is 9.13 Å². The van der Waals surface area contributed by atoms with Crippen LogP contribution in [0, 0.1) is 5.82 Å². The van der Waals surface area contributed by atoms with Gasteiger partial charge >= 0.3 is 0 Å². The van der Waals surface area contributed by atoms with Gasteiger partial charge in [-0.25, -0.2) is 4.39 Å². The summed E-state index contributed by atoms with van der Waals surface area (Å²) in [6.45, 7) is 3.12. The Hall–Kier alpha value is -2.28. The monoisotopic (exact) mass is 289 g/mol. The van der Waals surface area contributed by atoms with Crippen molar-refractivity contribution in [1.29, 1.82) is 0 Å². The number of H-pyrrole nitrogens is 1. The zero-order valence-electron chi connectivity index (χ0n) is 11.5. The summed E-state index contributed by atoms with van der Waals surface area (Å²) < 4.78 is 18.4. The molecule has 1 aliphatic rings. The topological polar surface area (TPSA) is 66.9 Å². The summed E-state index contributed by atoms with van der Waals surface area (Å²) in [4.78, 5) is 2.27. The molecule has 0 spiro atoms. The van der Waals surface area contributed by atoms with Crippen LogP contribution in [0.4, 0.5) is 4.39 Å². The van der Waals surface area contributed by atoms with E-state index in [4.69, 9.17) is 4.74 Å². The third-order valence-corrected chi connectivity index (χ3v) is 3.35. The van der Waals surface area contributed by atoms with Crippen LogP contribution in [0.15, 0.2) is 30.3 Å². The number of aromatic nitrogens is 4. The van der Waals surface area contributed by atoms with Crippen LogP contribution in [0.2, 0.25) is 0 Å². The summed E-state index contributed by atoms with van der Waals surface area (Å²) in [5.41, 5.74) is 1.08. The van der Waals surface area contributed by atoms with Crippen LogP contribution in [-0.2, 0) is 0 Å². The van der Waals surface area contributed by atoms with Gasteiger partial charge in [0, 0.05) is 25.2 Å². The predicted octanol–water partition coefficient (Wildman–Crippen LogP) is 1.51. The van der Waals surface area contributed by atoms with Gasteiger partial charge in [-0.05, 0) is 35.9 Å². The minimum atomic E-state index is -0.256. The van der Waals surface area contributed by atoms with Gasteiger partial charge in [0.15, 0.2) is 0 Å². The maximum Gasteiger partial charge on any atom is 0.201 e. The minimum absolute atomic E-state index is 0.256. The molecule has 0 fully saturated rings. The Morgan fingerprint density at radius 1 is 1.29 bits per heavy atom. The molecule has 1 aromatic heterocycles. The average molecular weight is 289 g/mol. The molecule has 0 saturated heterocycles. The molecule has 0 unspecified atom stereocenters. The summed E-state index contributed by atoms with van der Waals surface area (Å²) in [5, 5.41) is 14.0. The van der Waals surface area contributed by atoms with Gasteiger partial charge in [-0.2, -0.15) is 5.21 Å². The zero-order chi connectivity index (χ0) is 14.5. The van der Waals surface area contributed by atoms with E-state index in [1.54, 1.807) is 12.1 Å². The van der Waals surface area contributed by atoms with Crippen molar-refractivity contribution in [2.45, 2.75) is 6.42 Å². The van der Waals surface area contributed by atoms with Gasteiger partial charge in [0.2, 0.25) is 5.82 Å². The third-order valence-electron chi connectivity index (χ3n) is 3.35. The van der Waals surface area contributed by atoms with Crippen LogP contribution >= 0.6 is 0 Å². The number of hydrogen-bond acceptors (Lipinski definition) is 5. The molecule has 0 saturated carbocycles. The summed E-state index contributed by atoms with van der Waals surface area (Å²) in [6, 6.07) is 6.06. The Morgan fingerprint density at radius 2 is 2.14 bits per heavy atom. The van der Waals surface area contributed by atoms with Gasteiger partial charge in [0.1, 0.15) is 18.2 Å². The van der Waals surface area contributed by atoms with Crippen LogP contribution in [0.3, 0.4) is 0 Å². The molecule has 0 aliphatic carbocycles. The molecular weight excluding hydrogens is 273 g/mol. The highest BCUT2D eigenvalue weighted by Crippen LogP contribution is 2.17. The van der Waals surface area contributed by atoms with Gasteiger partial charge in [-0.3, -0.25) is 4.90 Å². The molecule has 3 rings (SSSR count). The average Bonchev–Trinajstić information content (AvgIpc) is 3.04. The molecular formula is C14H16FN5O. The van der Waals surface area contributed by atoms with Crippen molar-refractivity contribution in [3.8, 4) is 5.75 Å². The first-order valence-electron chi connectivity index (χ1n) is 6.85. The lowest BCUT2D eigenvalue weighted by molar-refractivity contribution is 0.223. The van der Waals surface area contributed by atoms with Gasteiger partial charge in [-0.1, -0.05) is 6.08 Å². The fraction of sp³-hybridized carbons (Fsp3) is 0.357. The second kappa shape index (κ2) is 6.45. The number of rotatable bonds is 5. The van der Waals surface area contributed by atoms with E-state index in [2.05, 4.69) is 31.6 Å². The van der Waals surface area contributed by atoms with Gasteiger partial charge in [0.25, 0.3) is 0 Å². The molecule has 21 heavy (non-hydrogen) atoms. The molecule has 1 N–H and O–H groups in total. The molecule has 0 bridgehead atoms. The van der Waals surface area contributed by atoms with E-state index in [9.17, 15) is 4.39 Å². The van der Waals surface area contributed by atoms with E-state index < -0.39 is 0 Å². The number of benzene rings is 1. The lowest BCUT2D eigenvalue weighted by Crippen LogP contribution is -2.33. The van der Waals surface area contributed by atoms with Crippen LogP contribution < -0.4 is 4.74 Å². The first-order chi connectivity index (χ1) is 10.3. The van der Waals surface area contributed by atoms with E-state index in [0.717, 1.165) is 31.6 Å². The lowest BCUT2D eigenvalue weighted by atomic mass is 10.1. The van der Waals surface area contributed by atoms with Crippen molar-refractivity contribution in [2.24, 2.45) is 0 Å². The van der Waals surface area contributed by atoms with E-state index in [1.165, 1.54) is 12.1 Å². The third kappa shape index (κ3) is 3.63. The Kier molecular flexibility index (Phi) is 4.20. The first kappa shape index (κ1) is 13.7. The molecule has 1 aliphatic heterocycles. The van der Waals surface area contributed by atoms with Crippen molar-refractivity contribution in [1.82, 2.24) is 25.5 Å². The summed E-state index contributed by atoms with van der Waals surface area (Å²) in [5.74, 6) is 1.08. The number of nitrogens with one attached hydrogen (secondary N) is 1. The smallest absolute Gasteiger partial charge is 0.201 e. The zero-order valence-corrected chi connectivity index (χ0v) is 11.5. The number of hydrogen-bond donors (Lipinski definition) is 1. The predicted molar refractivity (Wildman–Crippen MR) is 75.1 cm³/mol. The summed E-state index contributed by atoms with van der Waals surface area (Å²) >= 11 is 0. The van der Waals surface area contributed by atoms with Crippen LogP contribution in [0.25, 0.3) is 5.57 Å². The van der Waals surface area contributed by atoms with Gasteiger partial charge in [0.05, 0.1) is 0 Å². The highest BCUT2D eigenvalue weighted by atomic mass is 19.1. The number of ether oxygens (including phenoxy) is 1.